The molecule has 0 spiro atoms. The molecular formula is C16H26N2O2. The molecule has 1 aliphatic rings. The molecule has 1 atom stereocenters. The number of nitrogens with zero attached hydrogens (tertiary/aromatic N) is 2. The second-order valence-corrected chi connectivity index (χ2v) is 5.91. The topological polar surface area (TPSA) is 45.6 Å². The third-order valence-electron chi connectivity index (χ3n) is 4.09. The van der Waals surface area contributed by atoms with E-state index < -0.39 is 0 Å². The molecule has 0 saturated carbocycles. The van der Waals surface area contributed by atoms with Gasteiger partial charge in [-0.05, 0) is 43.9 Å². The molecule has 2 heterocycles. The van der Waals surface area contributed by atoms with Gasteiger partial charge in [0.1, 0.15) is 5.82 Å². The first-order chi connectivity index (χ1) is 9.60. The van der Waals surface area contributed by atoms with E-state index in [4.69, 9.17) is 9.72 Å². The van der Waals surface area contributed by atoms with Gasteiger partial charge in [-0.3, -0.25) is 0 Å². The van der Waals surface area contributed by atoms with Gasteiger partial charge >= 0.3 is 0 Å². The van der Waals surface area contributed by atoms with Crippen LogP contribution < -0.4 is 4.90 Å². The summed E-state index contributed by atoms with van der Waals surface area (Å²) in [5, 5.41) is 9.43. The summed E-state index contributed by atoms with van der Waals surface area (Å²) in [7, 11) is 1.78. The number of hydrogen-bond acceptors (Lipinski definition) is 4. The van der Waals surface area contributed by atoms with Gasteiger partial charge in [0.05, 0.1) is 12.2 Å². The summed E-state index contributed by atoms with van der Waals surface area (Å²) >= 11 is 0. The van der Waals surface area contributed by atoms with E-state index in [1.165, 1.54) is 0 Å². The lowest BCUT2D eigenvalue weighted by Crippen LogP contribution is -2.47. The predicted octanol–water partition coefficient (Wildman–Crippen LogP) is 2.53. The molecule has 0 bridgehead atoms. The first kappa shape index (κ1) is 15.3. The van der Waals surface area contributed by atoms with Crippen LogP contribution >= 0.6 is 0 Å². The van der Waals surface area contributed by atoms with Gasteiger partial charge in [-0.25, -0.2) is 4.98 Å². The summed E-state index contributed by atoms with van der Waals surface area (Å²) in [5.41, 5.74) is 1.92. The maximum Gasteiger partial charge on any atom is 0.129 e. The predicted molar refractivity (Wildman–Crippen MR) is 81.0 cm³/mol. The van der Waals surface area contributed by atoms with E-state index >= 15 is 0 Å². The number of aliphatic hydroxyl groups excluding tert-OH is 1. The summed E-state index contributed by atoms with van der Waals surface area (Å²) in [6.07, 6.45) is 4.22. The van der Waals surface area contributed by atoms with Crippen molar-refractivity contribution in [1.29, 1.82) is 0 Å². The van der Waals surface area contributed by atoms with Crippen molar-refractivity contribution in [3.05, 3.63) is 23.4 Å². The maximum absolute atomic E-state index is 9.43. The van der Waals surface area contributed by atoms with Crippen LogP contribution in [0.15, 0.2) is 12.1 Å². The summed E-state index contributed by atoms with van der Waals surface area (Å²) in [5.74, 6) is 0.975. The standard InChI is InChI=1S/C16H26N2O2/c1-4-6-14-9-13(11-19)10-15(17-14)18-8-5-7-16(2,12-18)20-3/h9-10,19H,4-8,11-12H2,1-3H3. The lowest BCUT2D eigenvalue weighted by atomic mass is 9.94. The molecule has 0 amide bonds. The summed E-state index contributed by atoms with van der Waals surface area (Å²) in [6.45, 7) is 6.24. The van der Waals surface area contributed by atoms with E-state index in [2.05, 4.69) is 18.7 Å². The summed E-state index contributed by atoms with van der Waals surface area (Å²) in [6, 6.07) is 4.01. The Morgan fingerprint density at radius 1 is 1.45 bits per heavy atom. The lowest BCUT2D eigenvalue weighted by molar-refractivity contribution is -0.00482. The second kappa shape index (κ2) is 6.55. The summed E-state index contributed by atoms with van der Waals surface area (Å²) < 4.78 is 5.65. The molecule has 1 aliphatic heterocycles. The molecule has 1 saturated heterocycles. The number of methoxy groups -OCH3 is 1. The highest BCUT2D eigenvalue weighted by Crippen LogP contribution is 2.28. The molecule has 0 radical (unpaired) electrons. The number of pyridine rings is 1. The van der Waals surface area contributed by atoms with Gasteiger partial charge in [0.2, 0.25) is 0 Å². The Kier molecular flexibility index (Phi) is 5.00. The van der Waals surface area contributed by atoms with Crippen LogP contribution in [-0.2, 0) is 17.8 Å². The molecule has 1 unspecified atom stereocenters. The molecule has 20 heavy (non-hydrogen) atoms. The zero-order valence-corrected chi connectivity index (χ0v) is 12.9. The van der Waals surface area contributed by atoms with Crippen molar-refractivity contribution < 1.29 is 9.84 Å². The SMILES string of the molecule is CCCc1cc(CO)cc(N2CCCC(C)(OC)C2)n1. The van der Waals surface area contributed by atoms with Crippen LogP contribution in [0.5, 0.6) is 0 Å². The van der Waals surface area contributed by atoms with Crippen molar-refractivity contribution in [1.82, 2.24) is 4.98 Å². The summed E-state index contributed by atoms with van der Waals surface area (Å²) in [4.78, 5) is 7.04. The average Bonchev–Trinajstić information content (AvgIpc) is 2.47. The Labute approximate surface area is 121 Å². The highest BCUT2D eigenvalue weighted by Gasteiger charge is 2.31. The quantitative estimate of drug-likeness (QED) is 0.899. The smallest absolute Gasteiger partial charge is 0.129 e. The van der Waals surface area contributed by atoms with E-state index in [-0.39, 0.29) is 12.2 Å². The van der Waals surface area contributed by atoms with Gasteiger partial charge in [-0.2, -0.15) is 0 Å². The molecule has 1 aromatic heterocycles. The Morgan fingerprint density at radius 2 is 2.25 bits per heavy atom. The minimum Gasteiger partial charge on any atom is -0.392 e. The van der Waals surface area contributed by atoms with Gasteiger partial charge in [0, 0.05) is 25.9 Å². The number of hydrogen-bond donors (Lipinski definition) is 1. The number of piperidine rings is 1. The molecule has 4 heteroatoms. The average molecular weight is 278 g/mol. The second-order valence-electron chi connectivity index (χ2n) is 5.91. The van der Waals surface area contributed by atoms with Crippen LogP contribution in [-0.4, -0.2) is 35.9 Å². The monoisotopic (exact) mass is 278 g/mol. The molecule has 2 rings (SSSR count). The Balaban J connectivity index is 2.24. The van der Waals surface area contributed by atoms with Gasteiger partial charge in [-0.15, -0.1) is 0 Å². The normalized spacial score (nSPS) is 23.1. The number of rotatable bonds is 5. The fourth-order valence-electron chi connectivity index (χ4n) is 2.84. The van der Waals surface area contributed by atoms with E-state index in [0.717, 1.165) is 55.8 Å². The van der Waals surface area contributed by atoms with Crippen LogP contribution in [0, 0.1) is 0 Å². The van der Waals surface area contributed by atoms with E-state index in [1.54, 1.807) is 7.11 Å². The Bertz CT molecular complexity index is 450. The molecular weight excluding hydrogens is 252 g/mol. The van der Waals surface area contributed by atoms with Gasteiger partial charge in [-0.1, -0.05) is 13.3 Å². The number of ether oxygens (including phenoxy) is 1. The Hall–Kier alpha value is -1.13. The highest BCUT2D eigenvalue weighted by atomic mass is 16.5. The van der Waals surface area contributed by atoms with Crippen LogP contribution in [0.2, 0.25) is 0 Å². The van der Waals surface area contributed by atoms with E-state index in [0.29, 0.717) is 0 Å². The van der Waals surface area contributed by atoms with Crippen LogP contribution in [0.25, 0.3) is 0 Å². The lowest BCUT2D eigenvalue weighted by Gasteiger charge is -2.40. The molecule has 4 nitrogen and oxygen atoms in total. The zero-order chi connectivity index (χ0) is 14.6. The number of aryl methyl sites for hydroxylation is 1. The van der Waals surface area contributed by atoms with Crippen LogP contribution in [0.4, 0.5) is 5.82 Å². The van der Waals surface area contributed by atoms with Crippen molar-refractivity contribution in [2.45, 2.75) is 51.7 Å². The minimum atomic E-state index is -0.0972. The van der Waals surface area contributed by atoms with Crippen molar-refractivity contribution in [3.63, 3.8) is 0 Å². The van der Waals surface area contributed by atoms with Crippen LogP contribution in [0.3, 0.4) is 0 Å². The molecule has 1 aromatic rings. The fraction of sp³-hybridized carbons (Fsp3) is 0.688. The fourth-order valence-corrected chi connectivity index (χ4v) is 2.84. The van der Waals surface area contributed by atoms with Gasteiger partial charge < -0.3 is 14.7 Å². The van der Waals surface area contributed by atoms with Crippen molar-refractivity contribution in [2.75, 3.05) is 25.1 Å². The van der Waals surface area contributed by atoms with Crippen molar-refractivity contribution in [3.8, 4) is 0 Å². The van der Waals surface area contributed by atoms with E-state index in [1.807, 2.05) is 12.1 Å². The number of aromatic nitrogens is 1. The zero-order valence-electron chi connectivity index (χ0n) is 12.9. The minimum absolute atomic E-state index is 0.0711. The number of aliphatic hydroxyl groups is 1. The van der Waals surface area contributed by atoms with Gasteiger partial charge in [0.25, 0.3) is 0 Å². The number of anilines is 1. The van der Waals surface area contributed by atoms with Crippen molar-refractivity contribution >= 4 is 5.82 Å². The largest absolute Gasteiger partial charge is 0.392 e. The molecule has 1 N–H and O–H groups in total. The van der Waals surface area contributed by atoms with Crippen LogP contribution in [0.1, 0.15) is 44.4 Å². The third kappa shape index (κ3) is 3.49. The molecule has 0 aliphatic carbocycles. The van der Waals surface area contributed by atoms with E-state index in [9.17, 15) is 5.11 Å². The highest BCUT2D eigenvalue weighted by molar-refractivity contribution is 5.43. The van der Waals surface area contributed by atoms with Crippen molar-refractivity contribution in [2.24, 2.45) is 0 Å². The maximum atomic E-state index is 9.43. The molecule has 1 fully saturated rings. The third-order valence-corrected chi connectivity index (χ3v) is 4.09. The molecule has 0 aromatic carbocycles. The molecule has 112 valence electrons. The first-order valence-electron chi connectivity index (χ1n) is 7.51. The Morgan fingerprint density at radius 3 is 2.90 bits per heavy atom. The first-order valence-corrected chi connectivity index (χ1v) is 7.51. The van der Waals surface area contributed by atoms with Gasteiger partial charge in [0.15, 0.2) is 0 Å².